The zero-order valence-electron chi connectivity index (χ0n) is 9.99. The van der Waals surface area contributed by atoms with Gasteiger partial charge in [0.05, 0.1) is 7.11 Å². The molecule has 2 rings (SSSR count). The van der Waals surface area contributed by atoms with Crippen LogP contribution in [0, 0.1) is 5.92 Å². The van der Waals surface area contributed by atoms with Gasteiger partial charge in [-0.1, -0.05) is 15.9 Å². The molecule has 1 aliphatic heterocycles. The summed E-state index contributed by atoms with van der Waals surface area (Å²) in [5.74, 6) is 1.35. The molecule has 0 bridgehead atoms. The minimum Gasteiger partial charge on any atom is -0.497 e. The first-order chi connectivity index (χ1) is 8.22. The van der Waals surface area contributed by atoms with Crippen molar-refractivity contribution in [3.05, 3.63) is 28.2 Å². The molecule has 0 spiro atoms. The fourth-order valence-corrected chi connectivity index (χ4v) is 2.74. The number of methoxy groups -OCH3 is 1. The number of hydrogen-bond donors (Lipinski definition) is 1. The molecule has 0 amide bonds. The zero-order valence-corrected chi connectivity index (χ0v) is 11.6. The summed E-state index contributed by atoms with van der Waals surface area (Å²) < 4.78 is 11.7. The molecule has 1 atom stereocenters. The SMILES string of the molecule is COc1ccc(Br)c([C@@H](N)C2CCOCC2)c1. The Morgan fingerprint density at radius 3 is 2.76 bits per heavy atom. The summed E-state index contributed by atoms with van der Waals surface area (Å²) in [6, 6.07) is 5.99. The van der Waals surface area contributed by atoms with E-state index >= 15 is 0 Å². The summed E-state index contributed by atoms with van der Waals surface area (Å²) in [7, 11) is 1.67. The van der Waals surface area contributed by atoms with Crippen molar-refractivity contribution in [3.8, 4) is 5.75 Å². The van der Waals surface area contributed by atoms with Crippen LogP contribution in [0.25, 0.3) is 0 Å². The predicted octanol–water partition coefficient (Wildman–Crippen LogP) is 2.88. The largest absolute Gasteiger partial charge is 0.497 e. The van der Waals surface area contributed by atoms with Crippen LogP contribution in [0.15, 0.2) is 22.7 Å². The first kappa shape index (κ1) is 12.9. The van der Waals surface area contributed by atoms with Gasteiger partial charge in [0.15, 0.2) is 0 Å². The summed E-state index contributed by atoms with van der Waals surface area (Å²) in [6.07, 6.45) is 2.07. The maximum atomic E-state index is 6.35. The van der Waals surface area contributed by atoms with E-state index in [0.717, 1.165) is 41.8 Å². The molecule has 2 N–H and O–H groups in total. The highest BCUT2D eigenvalue weighted by atomic mass is 79.9. The number of halogens is 1. The van der Waals surface area contributed by atoms with Gasteiger partial charge < -0.3 is 15.2 Å². The van der Waals surface area contributed by atoms with E-state index in [9.17, 15) is 0 Å². The first-order valence-corrected chi connectivity index (χ1v) is 6.68. The molecule has 0 unspecified atom stereocenters. The van der Waals surface area contributed by atoms with Gasteiger partial charge in [-0.05, 0) is 42.5 Å². The van der Waals surface area contributed by atoms with Crippen LogP contribution in [0.3, 0.4) is 0 Å². The maximum Gasteiger partial charge on any atom is 0.119 e. The van der Waals surface area contributed by atoms with Gasteiger partial charge in [-0.25, -0.2) is 0 Å². The summed E-state index contributed by atoms with van der Waals surface area (Å²) in [5, 5.41) is 0. The smallest absolute Gasteiger partial charge is 0.119 e. The zero-order chi connectivity index (χ0) is 12.3. The third-order valence-electron chi connectivity index (χ3n) is 3.34. The summed E-state index contributed by atoms with van der Waals surface area (Å²) in [6.45, 7) is 1.64. The van der Waals surface area contributed by atoms with Crippen molar-refractivity contribution >= 4 is 15.9 Å². The molecule has 1 aliphatic rings. The number of nitrogens with two attached hydrogens (primary N) is 1. The van der Waals surface area contributed by atoms with Crippen LogP contribution >= 0.6 is 15.9 Å². The maximum absolute atomic E-state index is 6.35. The van der Waals surface area contributed by atoms with Gasteiger partial charge in [0.25, 0.3) is 0 Å². The van der Waals surface area contributed by atoms with Crippen molar-refractivity contribution in [3.63, 3.8) is 0 Å². The van der Waals surface area contributed by atoms with Crippen LogP contribution in [0.4, 0.5) is 0 Å². The fraction of sp³-hybridized carbons (Fsp3) is 0.538. The van der Waals surface area contributed by atoms with Gasteiger partial charge in [-0.3, -0.25) is 0 Å². The number of benzene rings is 1. The lowest BCUT2D eigenvalue weighted by atomic mass is 9.88. The molecule has 1 aromatic rings. The van der Waals surface area contributed by atoms with E-state index in [4.69, 9.17) is 15.2 Å². The van der Waals surface area contributed by atoms with Gasteiger partial charge >= 0.3 is 0 Å². The van der Waals surface area contributed by atoms with Crippen molar-refractivity contribution in [2.24, 2.45) is 11.7 Å². The average molecular weight is 300 g/mol. The third kappa shape index (κ3) is 3.00. The Balaban J connectivity index is 2.19. The molecular formula is C13H18BrNO2. The van der Waals surface area contributed by atoms with Gasteiger partial charge in [0.2, 0.25) is 0 Å². The standard InChI is InChI=1S/C13H18BrNO2/c1-16-10-2-3-12(14)11(8-10)13(15)9-4-6-17-7-5-9/h2-3,8-9,13H,4-7,15H2,1H3/t13-/m0/s1. The van der Waals surface area contributed by atoms with Gasteiger partial charge in [-0.2, -0.15) is 0 Å². The molecule has 0 aliphatic carbocycles. The van der Waals surface area contributed by atoms with E-state index in [0.29, 0.717) is 5.92 Å². The molecule has 17 heavy (non-hydrogen) atoms. The summed E-state index contributed by atoms with van der Waals surface area (Å²) in [4.78, 5) is 0. The van der Waals surface area contributed by atoms with E-state index < -0.39 is 0 Å². The highest BCUT2D eigenvalue weighted by Crippen LogP contribution is 2.34. The molecule has 1 saturated heterocycles. The van der Waals surface area contributed by atoms with Crippen LogP contribution in [0.2, 0.25) is 0 Å². The second-order valence-corrected chi connectivity index (χ2v) is 5.22. The Kier molecular flexibility index (Phi) is 4.42. The molecule has 3 nitrogen and oxygen atoms in total. The fourth-order valence-electron chi connectivity index (χ4n) is 2.23. The second-order valence-electron chi connectivity index (χ2n) is 4.36. The quantitative estimate of drug-likeness (QED) is 0.933. The highest BCUT2D eigenvalue weighted by Gasteiger charge is 2.24. The Labute approximate surface area is 110 Å². The molecule has 0 radical (unpaired) electrons. The molecular weight excluding hydrogens is 282 g/mol. The number of hydrogen-bond acceptors (Lipinski definition) is 3. The van der Waals surface area contributed by atoms with E-state index in [-0.39, 0.29) is 6.04 Å². The number of rotatable bonds is 3. The van der Waals surface area contributed by atoms with E-state index in [1.165, 1.54) is 0 Å². The molecule has 0 aromatic heterocycles. The van der Waals surface area contributed by atoms with Crippen LogP contribution in [-0.2, 0) is 4.74 Å². The van der Waals surface area contributed by atoms with Gasteiger partial charge in [0.1, 0.15) is 5.75 Å². The topological polar surface area (TPSA) is 44.5 Å². The first-order valence-electron chi connectivity index (χ1n) is 5.89. The summed E-state index contributed by atoms with van der Waals surface area (Å²) in [5.41, 5.74) is 7.47. The second kappa shape index (κ2) is 5.85. The average Bonchev–Trinajstić information content (AvgIpc) is 2.39. The van der Waals surface area contributed by atoms with Crippen molar-refractivity contribution in [2.45, 2.75) is 18.9 Å². The summed E-state index contributed by atoms with van der Waals surface area (Å²) >= 11 is 3.56. The molecule has 94 valence electrons. The monoisotopic (exact) mass is 299 g/mol. The van der Waals surface area contributed by atoms with Gasteiger partial charge in [-0.15, -0.1) is 0 Å². The van der Waals surface area contributed by atoms with E-state index in [1.807, 2.05) is 18.2 Å². The molecule has 1 heterocycles. The lowest BCUT2D eigenvalue weighted by Crippen LogP contribution is -2.27. The van der Waals surface area contributed by atoms with Crippen molar-refractivity contribution in [1.82, 2.24) is 0 Å². The third-order valence-corrected chi connectivity index (χ3v) is 4.06. The van der Waals surface area contributed by atoms with Crippen LogP contribution in [0.1, 0.15) is 24.4 Å². The normalized spacial score (nSPS) is 19.0. The molecule has 4 heteroatoms. The van der Waals surface area contributed by atoms with Crippen LogP contribution in [-0.4, -0.2) is 20.3 Å². The van der Waals surface area contributed by atoms with Crippen molar-refractivity contribution < 1.29 is 9.47 Å². The van der Waals surface area contributed by atoms with Crippen molar-refractivity contribution in [1.29, 1.82) is 0 Å². The Bertz CT molecular complexity index is 378. The van der Waals surface area contributed by atoms with Gasteiger partial charge in [0, 0.05) is 23.7 Å². The molecule has 1 fully saturated rings. The lowest BCUT2D eigenvalue weighted by Gasteiger charge is -2.28. The number of ether oxygens (including phenoxy) is 2. The van der Waals surface area contributed by atoms with E-state index in [1.54, 1.807) is 7.11 Å². The minimum absolute atomic E-state index is 0.0448. The molecule has 0 saturated carbocycles. The Morgan fingerprint density at radius 1 is 1.41 bits per heavy atom. The van der Waals surface area contributed by atoms with Crippen LogP contribution < -0.4 is 10.5 Å². The highest BCUT2D eigenvalue weighted by molar-refractivity contribution is 9.10. The van der Waals surface area contributed by atoms with Crippen LogP contribution in [0.5, 0.6) is 5.75 Å². The molecule has 1 aromatic carbocycles. The van der Waals surface area contributed by atoms with Crippen molar-refractivity contribution in [2.75, 3.05) is 20.3 Å². The Morgan fingerprint density at radius 2 is 2.12 bits per heavy atom. The Hall–Kier alpha value is -0.580. The van der Waals surface area contributed by atoms with E-state index in [2.05, 4.69) is 15.9 Å². The minimum atomic E-state index is 0.0448. The lowest BCUT2D eigenvalue weighted by molar-refractivity contribution is 0.0583. The predicted molar refractivity (Wildman–Crippen MR) is 71.2 cm³/mol.